The highest BCUT2D eigenvalue weighted by atomic mass is 35.5. The van der Waals surface area contributed by atoms with Crippen LogP contribution in [0, 0.1) is 10.1 Å². The number of hydrogen-bond acceptors (Lipinski definition) is 6. The summed E-state index contributed by atoms with van der Waals surface area (Å²) >= 11 is 5.64. The van der Waals surface area contributed by atoms with Crippen LogP contribution in [0.25, 0.3) is 0 Å². The Bertz CT molecular complexity index is 661. The van der Waals surface area contributed by atoms with Crippen LogP contribution < -0.4 is 0 Å². The van der Waals surface area contributed by atoms with Crippen LogP contribution in [0.4, 0.5) is 5.69 Å². The highest BCUT2D eigenvalue weighted by Gasteiger charge is 2.28. The molecule has 116 valence electrons. The first-order valence-electron chi connectivity index (χ1n) is 5.75. The van der Waals surface area contributed by atoms with E-state index in [1.54, 1.807) is 0 Å². The minimum absolute atomic E-state index is 0.00780. The zero-order valence-electron chi connectivity index (χ0n) is 11.3. The smallest absolute Gasteiger partial charge is 0.321 e. The molecule has 0 amide bonds. The number of ether oxygens (including phenoxy) is 1. The second kappa shape index (κ2) is 6.83. The third kappa shape index (κ3) is 3.90. The lowest BCUT2D eigenvalue weighted by atomic mass is 10.3. The Morgan fingerprint density at radius 3 is 2.57 bits per heavy atom. The van der Waals surface area contributed by atoms with E-state index in [9.17, 15) is 23.3 Å². The van der Waals surface area contributed by atoms with Crippen molar-refractivity contribution in [2.45, 2.75) is 11.8 Å². The highest BCUT2D eigenvalue weighted by molar-refractivity contribution is 7.89. The molecule has 0 spiro atoms. The van der Waals surface area contributed by atoms with E-state index in [0.29, 0.717) is 0 Å². The van der Waals surface area contributed by atoms with Gasteiger partial charge >= 0.3 is 5.97 Å². The Morgan fingerprint density at radius 2 is 2.10 bits per heavy atom. The van der Waals surface area contributed by atoms with E-state index in [4.69, 9.17) is 11.6 Å². The fraction of sp³-hybridized carbons (Fsp3) is 0.364. The van der Waals surface area contributed by atoms with Gasteiger partial charge in [-0.25, -0.2) is 8.42 Å². The van der Waals surface area contributed by atoms with Gasteiger partial charge in [-0.15, -0.1) is 0 Å². The number of sulfonamides is 1. The van der Waals surface area contributed by atoms with Crippen molar-refractivity contribution in [3.05, 3.63) is 33.3 Å². The second-order valence-corrected chi connectivity index (χ2v) is 6.22. The second-order valence-electron chi connectivity index (χ2n) is 3.88. The number of carbonyl (C=O) groups is 1. The lowest BCUT2D eigenvalue weighted by molar-refractivity contribution is -0.384. The molecule has 0 atom stereocenters. The Balaban J connectivity index is 3.26. The summed E-state index contributed by atoms with van der Waals surface area (Å²) in [5, 5.41) is 10.6. The molecule has 10 heteroatoms. The van der Waals surface area contributed by atoms with Gasteiger partial charge in [0.05, 0.1) is 16.9 Å². The van der Waals surface area contributed by atoms with Crippen molar-refractivity contribution in [3.63, 3.8) is 0 Å². The van der Waals surface area contributed by atoms with E-state index in [1.807, 2.05) is 0 Å². The van der Waals surface area contributed by atoms with Gasteiger partial charge in [0.2, 0.25) is 10.0 Å². The number of hydrogen-bond donors (Lipinski definition) is 0. The van der Waals surface area contributed by atoms with E-state index in [-0.39, 0.29) is 16.5 Å². The van der Waals surface area contributed by atoms with Crippen LogP contribution in [0.3, 0.4) is 0 Å². The average molecular weight is 337 g/mol. The van der Waals surface area contributed by atoms with E-state index >= 15 is 0 Å². The molecule has 0 aliphatic heterocycles. The van der Waals surface area contributed by atoms with E-state index in [1.165, 1.54) is 6.92 Å². The number of benzene rings is 1. The predicted octanol–water partition coefficient (Wildman–Crippen LogP) is 1.43. The molecule has 1 aromatic rings. The Labute approximate surface area is 126 Å². The lowest BCUT2D eigenvalue weighted by Gasteiger charge is -2.19. The predicted molar refractivity (Wildman–Crippen MR) is 74.6 cm³/mol. The fourth-order valence-corrected chi connectivity index (χ4v) is 3.12. The lowest BCUT2D eigenvalue weighted by Crippen LogP contribution is -2.36. The van der Waals surface area contributed by atoms with Gasteiger partial charge in [0.1, 0.15) is 11.6 Å². The quantitative estimate of drug-likeness (QED) is 0.442. The van der Waals surface area contributed by atoms with Gasteiger partial charge in [-0.1, -0.05) is 18.5 Å². The fourth-order valence-electron chi connectivity index (χ4n) is 1.52. The number of rotatable bonds is 6. The highest BCUT2D eigenvalue weighted by Crippen LogP contribution is 2.28. The summed E-state index contributed by atoms with van der Waals surface area (Å²) in [7, 11) is -2.92. The number of nitrogens with zero attached hydrogens (tertiary/aromatic N) is 2. The molecular weight excluding hydrogens is 324 g/mol. The van der Waals surface area contributed by atoms with Crippen LogP contribution in [0.5, 0.6) is 0 Å². The molecule has 1 rings (SSSR count). The normalized spacial score (nSPS) is 11.4. The monoisotopic (exact) mass is 336 g/mol. The Morgan fingerprint density at radius 1 is 1.48 bits per heavy atom. The van der Waals surface area contributed by atoms with Crippen LogP contribution >= 0.6 is 11.6 Å². The van der Waals surface area contributed by atoms with Gasteiger partial charge in [-0.2, -0.15) is 4.31 Å². The van der Waals surface area contributed by atoms with E-state index in [2.05, 4.69) is 4.74 Å². The van der Waals surface area contributed by atoms with Crippen molar-refractivity contribution in [1.29, 1.82) is 0 Å². The summed E-state index contributed by atoms with van der Waals surface area (Å²) < 4.78 is 30.0. The van der Waals surface area contributed by atoms with Gasteiger partial charge < -0.3 is 4.74 Å². The van der Waals surface area contributed by atoms with Gasteiger partial charge in [0.15, 0.2) is 0 Å². The Kier molecular flexibility index (Phi) is 5.64. The zero-order valence-corrected chi connectivity index (χ0v) is 12.8. The summed E-state index contributed by atoms with van der Waals surface area (Å²) in [4.78, 5) is 20.9. The SMILES string of the molecule is CCN(CC(=O)OC)S(=O)(=O)c1ccc(Cl)c([N+](=O)[O-])c1. The maximum atomic E-state index is 12.4. The van der Waals surface area contributed by atoms with Crippen LogP contribution in [0.1, 0.15) is 6.92 Å². The van der Waals surface area contributed by atoms with Crippen molar-refractivity contribution in [3.8, 4) is 0 Å². The Hall–Kier alpha value is -1.71. The summed E-state index contributed by atoms with van der Waals surface area (Å²) in [5.74, 6) is -0.733. The minimum Gasteiger partial charge on any atom is -0.468 e. The van der Waals surface area contributed by atoms with Crippen molar-refractivity contribution in [1.82, 2.24) is 4.31 Å². The first kappa shape index (κ1) is 17.3. The molecule has 0 radical (unpaired) electrons. The van der Waals surface area contributed by atoms with Gasteiger partial charge in [0.25, 0.3) is 5.69 Å². The van der Waals surface area contributed by atoms with Crippen molar-refractivity contribution < 1.29 is 22.9 Å². The maximum absolute atomic E-state index is 12.4. The molecule has 0 bridgehead atoms. The maximum Gasteiger partial charge on any atom is 0.321 e. The third-order valence-corrected chi connectivity index (χ3v) is 4.87. The largest absolute Gasteiger partial charge is 0.468 e. The first-order valence-corrected chi connectivity index (χ1v) is 7.56. The molecule has 0 heterocycles. The van der Waals surface area contributed by atoms with Crippen LogP contribution in [-0.4, -0.2) is 43.8 Å². The number of methoxy groups -OCH3 is 1. The zero-order chi connectivity index (χ0) is 16.2. The molecule has 0 aromatic heterocycles. The summed E-state index contributed by atoms with van der Waals surface area (Å²) in [6, 6.07) is 3.13. The molecular formula is C11H13ClN2O6S. The van der Waals surface area contributed by atoms with Gasteiger partial charge in [-0.3, -0.25) is 14.9 Å². The summed E-state index contributed by atoms with van der Waals surface area (Å²) in [6.45, 7) is 1.06. The van der Waals surface area contributed by atoms with E-state index < -0.39 is 33.1 Å². The minimum atomic E-state index is -4.06. The number of likely N-dealkylation sites (N-methyl/N-ethyl adjacent to an activating group) is 1. The number of nitro groups is 1. The molecule has 0 saturated carbocycles. The molecule has 0 saturated heterocycles. The standard InChI is InChI=1S/C11H13ClN2O6S/c1-3-13(7-11(15)20-2)21(18,19)8-4-5-9(12)10(6-8)14(16)17/h4-6H,3,7H2,1-2H3. The topological polar surface area (TPSA) is 107 Å². The number of halogens is 1. The molecule has 8 nitrogen and oxygen atoms in total. The number of esters is 1. The molecule has 1 aromatic carbocycles. The molecule has 0 N–H and O–H groups in total. The van der Waals surface area contributed by atoms with Crippen molar-refractivity contribution in [2.24, 2.45) is 0 Å². The third-order valence-electron chi connectivity index (χ3n) is 2.64. The molecule has 0 fully saturated rings. The van der Waals surface area contributed by atoms with Crippen molar-refractivity contribution >= 4 is 33.3 Å². The number of nitro benzene ring substituents is 1. The van der Waals surface area contributed by atoms with Crippen LogP contribution in [-0.2, 0) is 19.6 Å². The molecule has 0 unspecified atom stereocenters. The molecule has 21 heavy (non-hydrogen) atoms. The molecule has 0 aliphatic carbocycles. The first-order chi connectivity index (χ1) is 9.73. The van der Waals surface area contributed by atoms with Crippen molar-refractivity contribution in [2.75, 3.05) is 20.2 Å². The van der Waals surface area contributed by atoms with E-state index in [0.717, 1.165) is 29.6 Å². The number of carbonyl (C=O) groups excluding carboxylic acids is 1. The van der Waals surface area contributed by atoms with Crippen LogP contribution in [0.15, 0.2) is 23.1 Å². The van der Waals surface area contributed by atoms with Gasteiger partial charge in [-0.05, 0) is 12.1 Å². The molecule has 0 aliphatic rings. The van der Waals surface area contributed by atoms with Gasteiger partial charge in [0, 0.05) is 12.6 Å². The average Bonchev–Trinajstić information content (AvgIpc) is 2.43. The summed E-state index contributed by atoms with van der Waals surface area (Å²) in [6.07, 6.45) is 0. The van der Waals surface area contributed by atoms with Crippen LogP contribution in [0.2, 0.25) is 5.02 Å². The summed E-state index contributed by atoms with van der Waals surface area (Å²) in [5.41, 5.74) is -0.521.